The summed E-state index contributed by atoms with van der Waals surface area (Å²) in [7, 11) is 0. The molecule has 6 heteroatoms. The van der Waals surface area contributed by atoms with Crippen LogP contribution in [0.25, 0.3) is 0 Å². The molecule has 17 heavy (non-hydrogen) atoms. The van der Waals surface area contributed by atoms with Crippen LogP contribution < -0.4 is 5.73 Å². The van der Waals surface area contributed by atoms with E-state index < -0.39 is 0 Å². The number of nitrogens with two attached hydrogens (primary N) is 1. The minimum atomic E-state index is -0.162. The molecule has 1 aromatic carbocycles. The Labute approximate surface area is 98.4 Å². The maximum absolute atomic E-state index is 13.5. The highest BCUT2D eigenvalue weighted by atomic mass is 19.1. The summed E-state index contributed by atoms with van der Waals surface area (Å²) >= 11 is 0. The van der Waals surface area contributed by atoms with E-state index >= 15 is 0 Å². The van der Waals surface area contributed by atoms with Crippen molar-refractivity contribution >= 4 is 0 Å². The molecule has 2 N–H and O–H groups in total. The van der Waals surface area contributed by atoms with Crippen LogP contribution in [0.1, 0.15) is 22.5 Å². The van der Waals surface area contributed by atoms with E-state index in [0.717, 1.165) is 5.56 Å². The molecule has 0 aliphatic carbocycles. The molecule has 0 spiro atoms. The normalized spacial score (nSPS) is 10.8. The zero-order chi connectivity index (χ0) is 12.4. The van der Waals surface area contributed by atoms with Gasteiger partial charge in [0.25, 0.3) is 0 Å². The SMILES string of the molecule is Cc1cc(Cn2nnnc2CN)cc(C)c1F. The largest absolute Gasteiger partial charge is 0.324 e. The van der Waals surface area contributed by atoms with E-state index in [-0.39, 0.29) is 12.4 Å². The van der Waals surface area contributed by atoms with Crippen LogP contribution in [0.5, 0.6) is 0 Å². The van der Waals surface area contributed by atoms with Crippen LogP contribution >= 0.6 is 0 Å². The fourth-order valence-electron chi connectivity index (χ4n) is 1.79. The van der Waals surface area contributed by atoms with E-state index in [1.165, 1.54) is 0 Å². The predicted octanol–water partition coefficient (Wildman–Crippen LogP) is 0.936. The van der Waals surface area contributed by atoms with Gasteiger partial charge in [-0.05, 0) is 41.0 Å². The number of nitrogens with zero attached hydrogens (tertiary/aromatic N) is 4. The van der Waals surface area contributed by atoms with Crippen molar-refractivity contribution < 1.29 is 4.39 Å². The Morgan fingerprint density at radius 3 is 2.53 bits per heavy atom. The first-order valence-corrected chi connectivity index (χ1v) is 5.32. The van der Waals surface area contributed by atoms with Crippen LogP contribution in [0.2, 0.25) is 0 Å². The lowest BCUT2D eigenvalue weighted by Gasteiger charge is -2.07. The van der Waals surface area contributed by atoms with Crippen molar-refractivity contribution in [3.8, 4) is 0 Å². The van der Waals surface area contributed by atoms with E-state index in [2.05, 4.69) is 15.5 Å². The first-order chi connectivity index (χ1) is 8.11. The number of hydrogen-bond acceptors (Lipinski definition) is 4. The Morgan fingerprint density at radius 2 is 1.94 bits per heavy atom. The van der Waals surface area contributed by atoms with Gasteiger partial charge in [0, 0.05) is 0 Å². The number of aryl methyl sites for hydroxylation is 2. The van der Waals surface area contributed by atoms with Crippen LogP contribution in [0.15, 0.2) is 12.1 Å². The van der Waals surface area contributed by atoms with Crippen molar-refractivity contribution in [1.82, 2.24) is 20.2 Å². The first kappa shape index (κ1) is 11.7. The van der Waals surface area contributed by atoms with E-state index in [0.29, 0.717) is 23.5 Å². The summed E-state index contributed by atoms with van der Waals surface area (Å²) in [6.45, 7) is 4.28. The quantitative estimate of drug-likeness (QED) is 0.859. The third-order valence-corrected chi connectivity index (χ3v) is 2.62. The summed E-state index contributed by atoms with van der Waals surface area (Å²) in [4.78, 5) is 0. The van der Waals surface area contributed by atoms with Crippen LogP contribution in [0, 0.1) is 19.7 Å². The third kappa shape index (κ3) is 2.31. The summed E-state index contributed by atoms with van der Waals surface area (Å²) < 4.78 is 15.1. The lowest BCUT2D eigenvalue weighted by molar-refractivity contribution is 0.598. The highest BCUT2D eigenvalue weighted by Gasteiger charge is 2.08. The van der Waals surface area contributed by atoms with Gasteiger partial charge in [0.15, 0.2) is 5.82 Å². The zero-order valence-corrected chi connectivity index (χ0v) is 9.81. The zero-order valence-electron chi connectivity index (χ0n) is 9.81. The Hall–Kier alpha value is -1.82. The van der Waals surface area contributed by atoms with E-state index in [4.69, 9.17) is 5.73 Å². The predicted molar refractivity (Wildman–Crippen MR) is 60.7 cm³/mol. The fraction of sp³-hybridized carbons (Fsp3) is 0.364. The smallest absolute Gasteiger partial charge is 0.165 e. The molecular weight excluding hydrogens is 221 g/mol. The molecule has 2 rings (SSSR count). The third-order valence-electron chi connectivity index (χ3n) is 2.62. The molecule has 0 amide bonds. The molecule has 0 unspecified atom stereocenters. The standard InChI is InChI=1S/C11H14FN5/c1-7-3-9(4-8(2)11(7)12)6-17-10(5-13)14-15-16-17/h3-4H,5-6,13H2,1-2H3. The summed E-state index contributed by atoms with van der Waals surface area (Å²) in [6.07, 6.45) is 0. The maximum atomic E-state index is 13.5. The number of benzene rings is 1. The number of rotatable bonds is 3. The van der Waals surface area contributed by atoms with Gasteiger partial charge in [-0.3, -0.25) is 0 Å². The number of aromatic nitrogens is 4. The first-order valence-electron chi connectivity index (χ1n) is 5.32. The van der Waals surface area contributed by atoms with Gasteiger partial charge in [0.05, 0.1) is 13.1 Å². The molecule has 0 aliphatic heterocycles. The summed E-state index contributed by atoms with van der Waals surface area (Å²) in [5.41, 5.74) is 7.73. The average molecular weight is 235 g/mol. The molecular formula is C11H14FN5. The van der Waals surface area contributed by atoms with Gasteiger partial charge in [0.1, 0.15) is 5.82 Å². The molecule has 2 aromatic rings. The van der Waals surface area contributed by atoms with Crippen molar-refractivity contribution in [3.05, 3.63) is 40.5 Å². The van der Waals surface area contributed by atoms with Gasteiger partial charge in [-0.1, -0.05) is 12.1 Å². The topological polar surface area (TPSA) is 69.6 Å². The second-order valence-electron chi connectivity index (χ2n) is 4.00. The van der Waals surface area contributed by atoms with Gasteiger partial charge in [-0.15, -0.1) is 5.10 Å². The Kier molecular flexibility index (Phi) is 3.14. The van der Waals surface area contributed by atoms with E-state index in [1.54, 1.807) is 30.7 Å². The summed E-state index contributed by atoms with van der Waals surface area (Å²) in [5, 5.41) is 11.2. The van der Waals surface area contributed by atoms with Crippen molar-refractivity contribution in [2.45, 2.75) is 26.9 Å². The van der Waals surface area contributed by atoms with E-state index in [1.807, 2.05) is 0 Å². The van der Waals surface area contributed by atoms with Crippen LogP contribution in [0.3, 0.4) is 0 Å². The molecule has 1 aromatic heterocycles. The van der Waals surface area contributed by atoms with Crippen molar-refractivity contribution in [3.63, 3.8) is 0 Å². The minimum absolute atomic E-state index is 0.162. The Bertz CT molecular complexity index is 511. The fourth-order valence-corrected chi connectivity index (χ4v) is 1.79. The summed E-state index contributed by atoms with van der Waals surface area (Å²) in [6, 6.07) is 3.59. The second-order valence-corrected chi connectivity index (χ2v) is 4.00. The lowest BCUT2D eigenvalue weighted by Crippen LogP contribution is -2.11. The molecule has 0 aliphatic rings. The molecule has 0 bridgehead atoms. The molecule has 0 fully saturated rings. The molecule has 0 saturated carbocycles. The molecule has 0 radical (unpaired) electrons. The van der Waals surface area contributed by atoms with Crippen LogP contribution in [0.4, 0.5) is 4.39 Å². The van der Waals surface area contributed by atoms with Crippen molar-refractivity contribution in [2.24, 2.45) is 5.73 Å². The second kappa shape index (κ2) is 4.58. The van der Waals surface area contributed by atoms with Gasteiger partial charge < -0.3 is 5.73 Å². The van der Waals surface area contributed by atoms with Crippen molar-refractivity contribution in [1.29, 1.82) is 0 Å². The van der Waals surface area contributed by atoms with Gasteiger partial charge in [0.2, 0.25) is 0 Å². The highest BCUT2D eigenvalue weighted by molar-refractivity contribution is 5.30. The monoisotopic (exact) mass is 235 g/mol. The molecule has 0 saturated heterocycles. The van der Waals surface area contributed by atoms with Gasteiger partial charge in [-0.2, -0.15) is 0 Å². The molecule has 90 valence electrons. The summed E-state index contributed by atoms with van der Waals surface area (Å²) in [5.74, 6) is 0.453. The van der Waals surface area contributed by atoms with Gasteiger partial charge >= 0.3 is 0 Å². The Morgan fingerprint density at radius 1 is 1.29 bits per heavy atom. The number of tetrazole rings is 1. The average Bonchev–Trinajstić information content (AvgIpc) is 2.73. The lowest BCUT2D eigenvalue weighted by atomic mass is 10.1. The highest BCUT2D eigenvalue weighted by Crippen LogP contribution is 2.15. The number of hydrogen-bond donors (Lipinski definition) is 1. The Balaban J connectivity index is 2.31. The van der Waals surface area contributed by atoms with Crippen molar-refractivity contribution in [2.75, 3.05) is 0 Å². The van der Waals surface area contributed by atoms with Crippen LogP contribution in [-0.4, -0.2) is 20.2 Å². The molecule has 1 heterocycles. The maximum Gasteiger partial charge on any atom is 0.165 e. The minimum Gasteiger partial charge on any atom is -0.324 e. The van der Waals surface area contributed by atoms with Crippen LogP contribution in [-0.2, 0) is 13.1 Å². The van der Waals surface area contributed by atoms with E-state index in [9.17, 15) is 4.39 Å². The molecule has 0 atom stereocenters. The van der Waals surface area contributed by atoms with Gasteiger partial charge in [-0.25, -0.2) is 9.07 Å². The molecule has 5 nitrogen and oxygen atoms in total. The number of halogens is 1.